The zero-order valence-corrected chi connectivity index (χ0v) is 20.1. The van der Waals surface area contributed by atoms with Crippen molar-refractivity contribution in [1.29, 1.82) is 0 Å². The van der Waals surface area contributed by atoms with E-state index in [1.807, 2.05) is 64.9 Å². The Morgan fingerprint density at radius 2 is 1.73 bits per heavy atom. The Kier molecular flexibility index (Phi) is 6.11. The van der Waals surface area contributed by atoms with Crippen molar-refractivity contribution in [2.45, 2.75) is 0 Å². The molecule has 2 aromatic heterocycles. The van der Waals surface area contributed by atoms with Crippen LogP contribution in [0.5, 0.6) is 0 Å². The van der Waals surface area contributed by atoms with Gasteiger partial charge in [-0.05, 0) is 69.8 Å². The van der Waals surface area contributed by atoms with Crippen LogP contribution in [-0.2, 0) is 0 Å². The molecule has 0 spiro atoms. The lowest BCUT2D eigenvalue weighted by atomic mass is 10.1. The van der Waals surface area contributed by atoms with Crippen LogP contribution < -0.4 is 10.2 Å². The number of pyridine rings is 1. The Morgan fingerprint density at radius 3 is 2.45 bits per heavy atom. The van der Waals surface area contributed by atoms with Crippen LogP contribution in [-0.4, -0.2) is 47.9 Å². The van der Waals surface area contributed by atoms with Crippen molar-refractivity contribution < 1.29 is 9.59 Å². The maximum absolute atomic E-state index is 12.9. The van der Waals surface area contributed by atoms with Gasteiger partial charge in [0.15, 0.2) is 0 Å². The fourth-order valence-electron chi connectivity index (χ4n) is 4.01. The van der Waals surface area contributed by atoms with Gasteiger partial charge in [-0.2, -0.15) is 0 Å². The summed E-state index contributed by atoms with van der Waals surface area (Å²) in [5.41, 5.74) is 3.15. The Morgan fingerprint density at radius 1 is 0.939 bits per heavy atom. The van der Waals surface area contributed by atoms with E-state index in [9.17, 15) is 9.59 Å². The third kappa shape index (κ3) is 4.49. The summed E-state index contributed by atoms with van der Waals surface area (Å²) < 4.78 is 0.858. The molecular weight excluding hydrogens is 500 g/mol. The highest BCUT2D eigenvalue weighted by Crippen LogP contribution is 2.26. The fourth-order valence-corrected chi connectivity index (χ4v) is 5.15. The number of aromatic nitrogens is 1. The van der Waals surface area contributed by atoms with E-state index in [0.29, 0.717) is 18.7 Å². The summed E-state index contributed by atoms with van der Waals surface area (Å²) >= 11 is 4.98. The molecule has 1 aliphatic heterocycles. The fraction of sp³-hybridized carbons (Fsp3) is 0.160. The van der Waals surface area contributed by atoms with E-state index < -0.39 is 0 Å². The molecule has 0 atom stereocenters. The molecule has 0 unspecified atom stereocenters. The van der Waals surface area contributed by atoms with Gasteiger partial charge in [-0.3, -0.25) is 14.6 Å². The number of nitrogens with one attached hydrogen (secondary N) is 1. The molecule has 1 saturated heterocycles. The van der Waals surface area contributed by atoms with Gasteiger partial charge in [0.1, 0.15) is 0 Å². The standard InChI is InChI=1S/C25H21BrN4O2S/c26-21-10-9-20(19-3-1-11-27-23(19)21)24(31)28-17-5-7-18(8-6-17)29-12-14-30(15-13-29)25(32)22-4-2-16-33-22/h1-11,16H,12-15H2,(H,28,31). The molecule has 33 heavy (non-hydrogen) atoms. The number of carbonyl (C=O) groups is 2. The molecule has 8 heteroatoms. The van der Waals surface area contributed by atoms with Gasteiger partial charge in [0.05, 0.1) is 10.4 Å². The van der Waals surface area contributed by atoms with Gasteiger partial charge in [-0.15, -0.1) is 11.3 Å². The topological polar surface area (TPSA) is 65.5 Å². The minimum Gasteiger partial charge on any atom is -0.368 e. The average Bonchev–Trinajstić information content (AvgIpc) is 3.40. The summed E-state index contributed by atoms with van der Waals surface area (Å²) in [6.07, 6.45) is 1.71. The van der Waals surface area contributed by atoms with Crippen molar-refractivity contribution in [1.82, 2.24) is 9.88 Å². The number of fused-ring (bicyclic) bond motifs is 1. The Labute approximate surface area is 204 Å². The van der Waals surface area contributed by atoms with Crippen molar-refractivity contribution >= 4 is 61.4 Å². The van der Waals surface area contributed by atoms with Crippen molar-refractivity contribution in [3.63, 3.8) is 0 Å². The minimum atomic E-state index is -0.172. The number of rotatable bonds is 4. The van der Waals surface area contributed by atoms with E-state index in [4.69, 9.17) is 0 Å². The monoisotopic (exact) mass is 520 g/mol. The second-order valence-electron chi connectivity index (χ2n) is 7.75. The van der Waals surface area contributed by atoms with E-state index in [1.165, 1.54) is 11.3 Å². The van der Waals surface area contributed by atoms with Crippen LogP contribution in [0.3, 0.4) is 0 Å². The second kappa shape index (κ2) is 9.33. The molecular formula is C25H21BrN4O2S. The zero-order valence-electron chi connectivity index (χ0n) is 17.7. The second-order valence-corrected chi connectivity index (χ2v) is 9.55. The number of amides is 2. The average molecular weight is 521 g/mol. The number of halogens is 1. The van der Waals surface area contributed by atoms with Crippen LogP contribution in [0.15, 0.2) is 76.7 Å². The smallest absolute Gasteiger partial charge is 0.264 e. The normalized spacial score (nSPS) is 13.8. The molecule has 6 nitrogen and oxygen atoms in total. The van der Waals surface area contributed by atoms with E-state index >= 15 is 0 Å². The molecule has 0 bridgehead atoms. The first-order valence-corrected chi connectivity index (χ1v) is 12.3. The molecule has 1 N–H and O–H groups in total. The van der Waals surface area contributed by atoms with Crippen LogP contribution in [0.1, 0.15) is 20.0 Å². The number of hydrogen-bond donors (Lipinski definition) is 1. The van der Waals surface area contributed by atoms with Crippen LogP contribution in [0, 0.1) is 0 Å². The minimum absolute atomic E-state index is 0.110. The van der Waals surface area contributed by atoms with Gasteiger partial charge in [-0.1, -0.05) is 12.1 Å². The van der Waals surface area contributed by atoms with Crippen molar-refractivity contribution in [3.05, 3.63) is 87.2 Å². The summed E-state index contributed by atoms with van der Waals surface area (Å²) in [7, 11) is 0. The Hall–Kier alpha value is -3.23. The van der Waals surface area contributed by atoms with Crippen LogP contribution in [0.2, 0.25) is 0 Å². The van der Waals surface area contributed by atoms with Crippen LogP contribution in [0.25, 0.3) is 10.9 Å². The summed E-state index contributed by atoms with van der Waals surface area (Å²) in [5, 5.41) is 5.72. The number of nitrogens with zero attached hydrogens (tertiary/aromatic N) is 3. The van der Waals surface area contributed by atoms with Crippen molar-refractivity contribution in [2.75, 3.05) is 36.4 Å². The molecule has 4 aromatic rings. The van der Waals surface area contributed by atoms with Crippen molar-refractivity contribution in [3.8, 4) is 0 Å². The zero-order chi connectivity index (χ0) is 22.8. The number of benzene rings is 2. The molecule has 0 radical (unpaired) electrons. The first kappa shape index (κ1) is 21.6. The highest BCUT2D eigenvalue weighted by atomic mass is 79.9. The molecule has 2 aromatic carbocycles. The molecule has 2 amide bonds. The molecule has 1 aliphatic rings. The number of piperazine rings is 1. The summed E-state index contributed by atoms with van der Waals surface area (Å²) in [6, 6.07) is 19.0. The van der Waals surface area contributed by atoms with E-state index in [1.54, 1.807) is 12.3 Å². The van der Waals surface area contributed by atoms with E-state index in [0.717, 1.165) is 44.7 Å². The van der Waals surface area contributed by atoms with Gasteiger partial charge in [0.2, 0.25) is 0 Å². The third-order valence-electron chi connectivity index (χ3n) is 5.75. The molecule has 166 valence electrons. The first-order chi connectivity index (χ1) is 16.1. The summed E-state index contributed by atoms with van der Waals surface area (Å²) in [6.45, 7) is 2.95. The largest absolute Gasteiger partial charge is 0.368 e. The number of thiophene rings is 1. The summed E-state index contributed by atoms with van der Waals surface area (Å²) in [4.78, 5) is 34.8. The van der Waals surface area contributed by atoms with Crippen LogP contribution >= 0.6 is 27.3 Å². The van der Waals surface area contributed by atoms with E-state index in [-0.39, 0.29) is 11.8 Å². The number of carbonyl (C=O) groups excluding carboxylic acids is 2. The number of anilines is 2. The molecule has 5 rings (SSSR count). The lowest BCUT2D eigenvalue weighted by Gasteiger charge is -2.36. The first-order valence-electron chi connectivity index (χ1n) is 10.6. The number of hydrogen-bond acceptors (Lipinski definition) is 5. The van der Waals surface area contributed by atoms with Gasteiger partial charge in [0, 0.05) is 59.2 Å². The molecule has 0 aliphatic carbocycles. The molecule has 1 fully saturated rings. The van der Waals surface area contributed by atoms with Crippen molar-refractivity contribution in [2.24, 2.45) is 0 Å². The lowest BCUT2D eigenvalue weighted by Crippen LogP contribution is -2.48. The lowest BCUT2D eigenvalue weighted by molar-refractivity contribution is 0.0751. The highest BCUT2D eigenvalue weighted by Gasteiger charge is 2.23. The molecule has 0 saturated carbocycles. The van der Waals surface area contributed by atoms with Gasteiger partial charge in [-0.25, -0.2) is 0 Å². The predicted molar refractivity (Wildman–Crippen MR) is 136 cm³/mol. The summed E-state index contributed by atoms with van der Waals surface area (Å²) in [5.74, 6) is -0.0627. The predicted octanol–water partition coefficient (Wildman–Crippen LogP) is 5.27. The van der Waals surface area contributed by atoms with Gasteiger partial charge < -0.3 is 15.1 Å². The maximum atomic E-state index is 12.9. The maximum Gasteiger partial charge on any atom is 0.264 e. The van der Waals surface area contributed by atoms with Gasteiger partial charge >= 0.3 is 0 Å². The quantitative estimate of drug-likeness (QED) is 0.397. The van der Waals surface area contributed by atoms with E-state index in [2.05, 4.69) is 31.1 Å². The SMILES string of the molecule is O=C(Nc1ccc(N2CCN(C(=O)c3cccs3)CC2)cc1)c1ccc(Br)c2ncccc12. The Balaban J connectivity index is 1.23. The molecule has 3 heterocycles. The van der Waals surface area contributed by atoms with Crippen LogP contribution in [0.4, 0.5) is 11.4 Å². The third-order valence-corrected chi connectivity index (χ3v) is 7.25. The Bertz CT molecular complexity index is 1300. The highest BCUT2D eigenvalue weighted by molar-refractivity contribution is 9.10. The van der Waals surface area contributed by atoms with Gasteiger partial charge in [0.25, 0.3) is 11.8 Å².